The van der Waals surface area contributed by atoms with Gasteiger partial charge in [-0.1, -0.05) is 0 Å². The molecule has 8 heteroatoms. The Bertz CT molecular complexity index is 324. The van der Waals surface area contributed by atoms with E-state index in [1.807, 2.05) is 29.2 Å². The fourth-order valence-electron chi connectivity index (χ4n) is 2.11. The molecule has 0 aromatic rings. The molecule has 1 amide bonds. The van der Waals surface area contributed by atoms with E-state index in [1.165, 1.54) is 0 Å². The van der Waals surface area contributed by atoms with Gasteiger partial charge in [-0.05, 0) is 21.0 Å². The van der Waals surface area contributed by atoms with E-state index in [-0.39, 0.29) is 6.10 Å². The van der Waals surface area contributed by atoms with Gasteiger partial charge in [0.1, 0.15) is 6.54 Å². The van der Waals surface area contributed by atoms with Crippen molar-refractivity contribution in [3.05, 3.63) is 0 Å². The van der Waals surface area contributed by atoms with E-state index in [1.54, 1.807) is 6.92 Å². The van der Waals surface area contributed by atoms with Gasteiger partial charge in [-0.3, -0.25) is 9.69 Å². The van der Waals surface area contributed by atoms with Gasteiger partial charge in [0, 0.05) is 19.6 Å². The van der Waals surface area contributed by atoms with Crippen LogP contribution in [-0.4, -0.2) is 80.9 Å². The fraction of sp³-hybridized carbons (Fsp3) is 0.917. The second-order valence-corrected chi connectivity index (χ2v) is 5.26. The Kier molecular flexibility index (Phi) is 6.22. The molecule has 118 valence electrons. The summed E-state index contributed by atoms with van der Waals surface area (Å²) in [7, 11) is 3.84. The molecule has 20 heavy (non-hydrogen) atoms. The maximum absolute atomic E-state index is 12.1. The van der Waals surface area contributed by atoms with Gasteiger partial charge in [0.2, 0.25) is 5.91 Å². The first-order chi connectivity index (χ1) is 9.19. The number of morpholine rings is 1. The number of likely N-dealkylation sites (N-methyl/N-ethyl adjacent to an activating group) is 1. The minimum Gasteiger partial charge on any atom is -0.374 e. The summed E-state index contributed by atoms with van der Waals surface area (Å²) in [6, 6.07) is -0.592. The van der Waals surface area contributed by atoms with Crippen LogP contribution in [0.4, 0.5) is 13.2 Å². The Morgan fingerprint density at radius 2 is 2.15 bits per heavy atom. The second-order valence-electron chi connectivity index (χ2n) is 5.26. The molecule has 1 saturated heterocycles. The third-order valence-electron chi connectivity index (χ3n) is 3.13. The maximum atomic E-state index is 12.1. The predicted molar refractivity (Wildman–Crippen MR) is 68.4 cm³/mol. The highest BCUT2D eigenvalue weighted by Crippen LogP contribution is 2.13. The number of hydrogen-bond acceptors (Lipinski definition) is 4. The van der Waals surface area contributed by atoms with Gasteiger partial charge >= 0.3 is 6.18 Å². The number of carbonyl (C=O) groups excluding carboxylic acids is 1. The molecule has 1 rings (SSSR count). The first-order valence-corrected chi connectivity index (χ1v) is 6.54. The standard InChI is InChI=1S/C12H22F3N3O2/c1-9(11(19)16-8-12(13,14)15)18-4-5-20-10(7-18)6-17(2)3/h9-10H,4-8H2,1-3H3,(H,16,19)/t9-,10-/m0/s1. The minimum atomic E-state index is -4.38. The van der Waals surface area contributed by atoms with Gasteiger partial charge in [-0.2, -0.15) is 13.2 Å². The zero-order valence-corrected chi connectivity index (χ0v) is 12.0. The van der Waals surface area contributed by atoms with Gasteiger partial charge in [0.15, 0.2) is 0 Å². The first kappa shape index (κ1) is 17.2. The van der Waals surface area contributed by atoms with Crippen LogP contribution in [0, 0.1) is 0 Å². The van der Waals surface area contributed by atoms with Crippen molar-refractivity contribution in [1.82, 2.24) is 15.1 Å². The summed E-state index contributed by atoms with van der Waals surface area (Å²) < 4.78 is 41.8. The number of ether oxygens (including phenoxy) is 1. The molecule has 0 saturated carbocycles. The highest BCUT2D eigenvalue weighted by molar-refractivity contribution is 5.81. The molecule has 1 fully saturated rings. The van der Waals surface area contributed by atoms with Crippen molar-refractivity contribution in [3.8, 4) is 0 Å². The average molecular weight is 297 g/mol. The molecule has 1 heterocycles. The Labute approximate surface area is 117 Å². The van der Waals surface area contributed by atoms with Crippen molar-refractivity contribution in [2.75, 3.05) is 46.9 Å². The van der Waals surface area contributed by atoms with Crippen LogP contribution in [0.5, 0.6) is 0 Å². The van der Waals surface area contributed by atoms with Crippen LogP contribution in [0.3, 0.4) is 0 Å². The molecule has 0 spiro atoms. The molecule has 0 aromatic heterocycles. The Morgan fingerprint density at radius 1 is 1.50 bits per heavy atom. The molecule has 1 aliphatic rings. The lowest BCUT2D eigenvalue weighted by Crippen LogP contribution is -2.54. The Balaban J connectivity index is 2.45. The van der Waals surface area contributed by atoms with E-state index < -0.39 is 24.7 Å². The van der Waals surface area contributed by atoms with Crippen molar-refractivity contribution in [2.24, 2.45) is 0 Å². The van der Waals surface area contributed by atoms with Crippen LogP contribution in [-0.2, 0) is 9.53 Å². The molecule has 0 unspecified atom stereocenters. The zero-order valence-electron chi connectivity index (χ0n) is 12.0. The zero-order chi connectivity index (χ0) is 15.3. The highest BCUT2D eigenvalue weighted by atomic mass is 19.4. The Morgan fingerprint density at radius 3 is 2.70 bits per heavy atom. The van der Waals surface area contributed by atoms with E-state index in [0.717, 1.165) is 0 Å². The van der Waals surface area contributed by atoms with Crippen LogP contribution in [0.2, 0.25) is 0 Å². The highest BCUT2D eigenvalue weighted by Gasteiger charge is 2.31. The molecule has 5 nitrogen and oxygen atoms in total. The average Bonchev–Trinajstić information content (AvgIpc) is 2.33. The number of alkyl halides is 3. The largest absolute Gasteiger partial charge is 0.405 e. The summed E-state index contributed by atoms with van der Waals surface area (Å²) in [6.07, 6.45) is -4.41. The van der Waals surface area contributed by atoms with Gasteiger partial charge in [0.25, 0.3) is 0 Å². The van der Waals surface area contributed by atoms with Crippen LogP contribution in [0.15, 0.2) is 0 Å². The lowest BCUT2D eigenvalue weighted by atomic mass is 10.2. The third-order valence-corrected chi connectivity index (χ3v) is 3.13. The maximum Gasteiger partial charge on any atom is 0.405 e. The van der Waals surface area contributed by atoms with Gasteiger partial charge in [-0.25, -0.2) is 0 Å². The molecule has 1 aliphatic heterocycles. The van der Waals surface area contributed by atoms with Gasteiger partial charge < -0.3 is 15.0 Å². The summed E-state index contributed by atoms with van der Waals surface area (Å²) in [5, 5.41) is 1.92. The van der Waals surface area contributed by atoms with E-state index in [0.29, 0.717) is 26.2 Å². The SMILES string of the molecule is C[C@@H](C(=O)NCC(F)(F)F)N1CCO[C@@H](CN(C)C)C1. The van der Waals surface area contributed by atoms with E-state index >= 15 is 0 Å². The summed E-state index contributed by atoms with van der Waals surface area (Å²) in [5.74, 6) is -0.604. The Hall–Kier alpha value is -0.860. The van der Waals surface area contributed by atoms with Crippen LogP contribution >= 0.6 is 0 Å². The lowest BCUT2D eigenvalue weighted by Gasteiger charge is -2.37. The molecule has 0 aliphatic carbocycles. The minimum absolute atomic E-state index is 0.0309. The van der Waals surface area contributed by atoms with Crippen molar-refractivity contribution in [1.29, 1.82) is 0 Å². The quantitative estimate of drug-likeness (QED) is 0.793. The summed E-state index contributed by atoms with van der Waals surface area (Å²) in [4.78, 5) is 15.5. The van der Waals surface area contributed by atoms with Crippen molar-refractivity contribution >= 4 is 5.91 Å². The van der Waals surface area contributed by atoms with Gasteiger partial charge in [0.05, 0.1) is 18.8 Å². The van der Waals surface area contributed by atoms with Crippen LogP contribution in [0.25, 0.3) is 0 Å². The molecule has 1 N–H and O–H groups in total. The first-order valence-electron chi connectivity index (χ1n) is 6.54. The van der Waals surface area contributed by atoms with E-state index in [2.05, 4.69) is 0 Å². The number of halogens is 3. The topological polar surface area (TPSA) is 44.8 Å². The molecule has 0 aromatic carbocycles. The van der Waals surface area contributed by atoms with E-state index in [9.17, 15) is 18.0 Å². The van der Waals surface area contributed by atoms with Crippen molar-refractivity contribution in [3.63, 3.8) is 0 Å². The lowest BCUT2D eigenvalue weighted by molar-refractivity contribution is -0.143. The summed E-state index contributed by atoms with van der Waals surface area (Å²) >= 11 is 0. The monoisotopic (exact) mass is 297 g/mol. The smallest absolute Gasteiger partial charge is 0.374 e. The number of nitrogens with zero attached hydrogens (tertiary/aromatic N) is 2. The molecule has 0 bridgehead atoms. The number of amides is 1. The molecular weight excluding hydrogens is 275 g/mol. The fourth-order valence-corrected chi connectivity index (χ4v) is 2.11. The molecule has 2 atom stereocenters. The summed E-state index contributed by atoms with van der Waals surface area (Å²) in [6.45, 7) is 2.61. The number of rotatable bonds is 5. The van der Waals surface area contributed by atoms with Crippen molar-refractivity contribution in [2.45, 2.75) is 25.2 Å². The predicted octanol–water partition coefficient (Wildman–Crippen LogP) is 0.316. The van der Waals surface area contributed by atoms with Crippen LogP contribution in [0.1, 0.15) is 6.92 Å². The van der Waals surface area contributed by atoms with E-state index in [4.69, 9.17) is 4.74 Å². The number of carbonyl (C=O) groups is 1. The van der Waals surface area contributed by atoms with Gasteiger partial charge in [-0.15, -0.1) is 0 Å². The number of nitrogens with one attached hydrogen (secondary N) is 1. The molecular formula is C12H22F3N3O2. The van der Waals surface area contributed by atoms with Crippen molar-refractivity contribution < 1.29 is 22.7 Å². The normalized spacial score (nSPS) is 22.9. The number of hydrogen-bond donors (Lipinski definition) is 1. The summed E-state index contributed by atoms with van der Waals surface area (Å²) in [5.41, 5.74) is 0. The second kappa shape index (κ2) is 7.24. The van der Waals surface area contributed by atoms with Crippen LogP contribution < -0.4 is 5.32 Å². The molecule has 0 radical (unpaired) electrons. The third kappa shape index (κ3) is 6.06.